The van der Waals surface area contributed by atoms with Gasteiger partial charge in [-0.25, -0.2) is 0 Å². The van der Waals surface area contributed by atoms with E-state index in [0.29, 0.717) is 5.91 Å². The lowest BCUT2D eigenvalue weighted by Crippen LogP contribution is -2.52. The minimum absolute atomic E-state index is 0. The third kappa shape index (κ3) is 3.76. The van der Waals surface area contributed by atoms with Crippen LogP contribution in [0.1, 0.15) is 31.2 Å². The van der Waals surface area contributed by atoms with Crippen molar-refractivity contribution in [3.05, 3.63) is 34.9 Å². The van der Waals surface area contributed by atoms with E-state index < -0.39 is 0 Å². The molecule has 1 amide bonds. The number of hydrogen-bond acceptors (Lipinski definition) is 2. The fourth-order valence-electron chi connectivity index (χ4n) is 3.76. The summed E-state index contributed by atoms with van der Waals surface area (Å²) in [6, 6.07) is 7.98. The van der Waals surface area contributed by atoms with Crippen molar-refractivity contribution in [2.45, 2.75) is 32.1 Å². The van der Waals surface area contributed by atoms with E-state index in [-0.39, 0.29) is 17.8 Å². The molecule has 0 radical (unpaired) electrons. The molecule has 1 aliphatic carbocycles. The van der Waals surface area contributed by atoms with E-state index >= 15 is 0 Å². The van der Waals surface area contributed by atoms with Gasteiger partial charge in [-0.2, -0.15) is 0 Å². The Morgan fingerprint density at radius 3 is 2.55 bits per heavy atom. The van der Waals surface area contributed by atoms with Gasteiger partial charge in [-0.1, -0.05) is 36.6 Å². The van der Waals surface area contributed by atoms with Crippen molar-refractivity contribution in [3.8, 4) is 0 Å². The molecule has 5 heteroatoms. The Hall–Kier alpha value is -0.770. The first-order valence-electron chi connectivity index (χ1n) is 7.94. The summed E-state index contributed by atoms with van der Waals surface area (Å²) in [6.45, 7) is 3.52. The highest BCUT2D eigenvalue weighted by atomic mass is 35.5. The van der Waals surface area contributed by atoms with E-state index in [1.54, 1.807) is 0 Å². The van der Waals surface area contributed by atoms with Crippen LogP contribution in [0.3, 0.4) is 0 Å². The van der Waals surface area contributed by atoms with Crippen LogP contribution >= 0.6 is 24.0 Å². The van der Waals surface area contributed by atoms with Gasteiger partial charge in [0.05, 0.1) is 5.41 Å². The predicted octanol–water partition coefficient (Wildman–Crippen LogP) is 3.30. The van der Waals surface area contributed by atoms with E-state index in [9.17, 15) is 4.79 Å². The molecule has 122 valence electrons. The van der Waals surface area contributed by atoms with E-state index in [4.69, 9.17) is 11.6 Å². The van der Waals surface area contributed by atoms with Crippen LogP contribution in [0.25, 0.3) is 0 Å². The second-order valence-electron chi connectivity index (χ2n) is 6.34. The van der Waals surface area contributed by atoms with Crippen LogP contribution in [0.4, 0.5) is 0 Å². The smallest absolute Gasteiger partial charge is 0.229 e. The van der Waals surface area contributed by atoms with E-state index in [2.05, 4.69) is 16.3 Å². The Labute approximate surface area is 143 Å². The quantitative estimate of drug-likeness (QED) is 0.913. The Balaban J connectivity index is 0.00000176. The Morgan fingerprint density at radius 1 is 1.23 bits per heavy atom. The highest BCUT2D eigenvalue weighted by Crippen LogP contribution is 2.42. The van der Waals surface area contributed by atoms with Crippen LogP contribution in [-0.4, -0.2) is 37.0 Å². The topological polar surface area (TPSA) is 32.3 Å². The summed E-state index contributed by atoms with van der Waals surface area (Å²) >= 11 is 6.10. The summed E-state index contributed by atoms with van der Waals surface area (Å²) in [5.74, 6) is 0.362. The lowest BCUT2D eigenvalue weighted by molar-refractivity contribution is -0.142. The van der Waals surface area contributed by atoms with Crippen LogP contribution in [0, 0.1) is 5.41 Å². The second kappa shape index (κ2) is 7.67. The van der Waals surface area contributed by atoms with Crippen LogP contribution in [0.2, 0.25) is 5.02 Å². The maximum absolute atomic E-state index is 13.1. The van der Waals surface area contributed by atoms with Crippen LogP contribution < -0.4 is 5.32 Å². The predicted molar refractivity (Wildman–Crippen MR) is 92.8 cm³/mol. The summed E-state index contributed by atoms with van der Waals surface area (Å²) < 4.78 is 0. The first-order valence-corrected chi connectivity index (χ1v) is 8.32. The number of amides is 1. The van der Waals surface area contributed by atoms with Gasteiger partial charge >= 0.3 is 0 Å². The van der Waals surface area contributed by atoms with E-state index in [1.165, 1.54) is 18.4 Å². The summed E-state index contributed by atoms with van der Waals surface area (Å²) in [5, 5.41) is 4.08. The summed E-state index contributed by atoms with van der Waals surface area (Å²) in [5.41, 5.74) is 0.995. The molecule has 1 aliphatic heterocycles. The molecule has 1 aromatic rings. The number of carbonyl (C=O) groups excluding carboxylic acids is 1. The Kier molecular flexibility index (Phi) is 6.13. The van der Waals surface area contributed by atoms with Gasteiger partial charge in [-0.15, -0.1) is 12.4 Å². The number of piperazine rings is 1. The summed E-state index contributed by atoms with van der Waals surface area (Å²) in [6.07, 6.45) is 5.19. The molecule has 2 aliphatic rings. The molecule has 0 aromatic heterocycles. The van der Waals surface area contributed by atoms with Crippen molar-refractivity contribution in [1.29, 1.82) is 0 Å². The monoisotopic (exact) mass is 342 g/mol. The van der Waals surface area contributed by atoms with Crippen molar-refractivity contribution in [2.75, 3.05) is 26.2 Å². The molecule has 3 nitrogen and oxygen atoms in total. The number of rotatable bonds is 3. The standard InChI is InChI=1S/C17H23ClN2O.ClH/c18-15-5-3-4-14(12-15)13-17(6-1-2-7-17)16(21)20-10-8-19-9-11-20;/h3-5,12,19H,1-2,6-11,13H2;1H. The van der Waals surface area contributed by atoms with E-state index in [1.807, 2.05) is 18.2 Å². The third-order valence-corrected chi connectivity index (χ3v) is 5.09. The van der Waals surface area contributed by atoms with E-state index in [0.717, 1.165) is 50.5 Å². The number of benzene rings is 1. The highest BCUT2D eigenvalue weighted by molar-refractivity contribution is 6.30. The second-order valence-corrected chi connectivity index (χ2v) is 6.77. The van der Waals surface area contributed by atoms with Gasteiger partial charge in [-0.3, -0.25) is 4.79 Å². The summed E-state index contributed by atoms with van der Waals surface area (Å²) in [4.78, 5) is 15.1. The lowest BCUT2D eigenvalue weighted by atomic mass is 9.78. The molecule has 3 rings (SSSR count). The molecular formula is C17H24Cl2N2O. The van der Waals surface area contributed by atoms with Gasteiger partial charge in [0.1, 0.15) is 0 Å². The van der Waals surface area contributed by atoms with Gasteiger partial charge in [0.2, 0.25) is 5.91 Å². The van der Waals surface area contributed by atoms with Gasteiger partial charge in [0.15, 0.2) is 0 Å². The Morgan fingerprint density at radius 2 is 1.91 bits per heavy atom. The minimum atomic E-state index is -0.192. The van der Waals surface area contributed by atoms with Gasteiger partial charge < -0.3 is 10.2 Å². The van der Waals surface area contributed by atoms with Crippen molar-refractivity contribution in [3.63, 3.8) is 0 Å². The van der Waals surface area contributed by atoms with Crippen molar-refractivity contribution >= 4 is 29.9 Å². The molecular weight excluding hydrogens is 319 g/mol. The zero-order chi connectivity index (χ0) is 14.7. The molecule has 0 spiro atoms. The van der Waals surface area contributed by atoms with Crippen LogP contribution in [0.15, 0.2) is 24.3 Å². The summed E-state index contributed by atoms with van der Waals surface area (Å²) in [7, 11) is 0. The molecule has 0 atom stereocenters. The molecule has 1 saturated carbocycles. The van der Waals surface area contributed by atoms with Crippen molar-refractivity contribution in [1.82, 2.24) is 10.2 Å². The molecule has 1 aromatic carbocycles. The number of nitrogens with one attached hydrogen (secondary N) is 1. The first-order chi connectivity index (χ1) is 10.2. The molecule has 1 heterocycles. The van der Waals surface area contributed by atoms with Gasteiger partial charge in [0, 0.05) is 31.2 Å². The molecule has 2 fully saturated rings. The number of hydrogen-bond donors (Lipinski definition) is 1. The van der Waals surface area contributed by atoms with Crippen LogP contribution in [-0.2, 0) is 11.2 Å². The molecule has 0 bridgehead atoms. The largest absolute Gasteiger partial charge is 0.340 e. The van der Waals surface area contributed by atoms with Gasteiger partial charge in [0.25, 0.3) is 0 Å². The van der Waals surface area contributed by atoms with Crippen molar-refractivity contribution in [2.24, 2.45) is 5.41 Å². The third-order valence-electron chi connectivity index (χ3n) is 4.85. The maximum atomic E-state index is 13.1. The first kappa shape index (κ1) is 17.6. The normalized spacial score (nSPS) is 20.5. The molecule has 1 saturated heterocycles. The van der Waals surface area contributed by atoms with Crippen molar-refractivity contribution < 1.29 is 4.79 Å². The Bertz CT molecular complexity index is 509. The SMILES string of the molecule is Cl.O=C(N1CCNCC1)C1(Cc2cccc(Cl)c2)CCCC1. The number of carbonyl (C=O) groups is 1. The fourth-order valence-corrected chi connectivity index (χ4v) is 3.97. The highest BCUT2D eigenvalue weighted by Gasteiger charge is 2.43. The average molecular weight is 343 g/mol. The maximum Gasteiger partial charge on any atom is 0.229 e. The molecule has 0 unspecified atom stereocenters. The molecule has 1 N–H and O–H groups in total. The lowest BCUT2D eigenvalue weighted by Gasteiger charge is -2.37. The molecule has 22 heavy (non-hydrogen) atoms. The van der Waals surface area contributed by atoms with Crippen LogP contribution in [0.5, 0.6) is 0 Å². The average Bonchev–Trinajstić information content (AvgIpc) is 2.97. The zero-order valence-electron chi connectivity index (χ0n) is 12.8. The fraction of sp³-hybridized carbons (Fsp3) is 0.588. The van der Waals surface area contributed by atoms with Gasteiger partial charge in [-0.05, 0) is 37.0 Å². The number of halogens is 2. The zero-order valence-corrected chi connectivity index (χ0v) is 14.4. The number of nitrogens with zero attached hydrogens (tertiary/aromatic N) is 1. The minimum Gasteiger partial charge on any atom is -0.340 e.